The fraction of sp³-hybridized carbons (Fsp3) is 0.500. The zero-order valence-corrected chi connectivity index (χ0v) is 11.3. The molecule has 5 nitrogen and oxygen atoms in total. The molecule has 0 aliphatic heterocycles. The van der Waals surface area contributed by atoms with Crippen molar-refractivity contribution in [3.05, 3.63) is 22.4 Å². The molecule has 1 aromatic rings. The number of carbonyl (C=O) groups excluding carboxylic acids is 2. The van der Waals surface area contributed by atoms with Crippen molar-refractivity contribution >= 4 is 23.2 Å². The van der Waals surface area contributed by atoms with Gasteiger partial charge in [-0.2, -0.15) is 0 Å². The second-order valence-corrected chi connectivity index (χ2v) is 5.52. The Morgan fingerprint density at radius 1 is 1.44 bits per heavy atom. The Kier molecular flexibility index (Phi) is 5.30. The van der Waals surface area contributed by atoms with Gasteiger partial charge in [0.2, 0.25) is 5.91 Å². The van der Waals surface area contributed by atoms with Crippen molar-refractivity contribution in [2.45, 2.75) is 25.8 Å². The highest BCUT2D eigenvalue weighted by atomic mass is 32.1. The molecule has 0 atom stereocenters. The average molecular weight is 270 g/mol. The van der Waals surface area contributed by atoms with Gasteiger partial charge in [-0.1, -0.05) is 6.07 Å². The van der Waals surface area contributed by atoms with Crippen LogP contribution in [0.5, 0.6) is 0 Å². The maximum Gasteiger partial charge on any atom is 0.261 e. The molecule has 100 valence electrons. The van der Waals surface area contributed by atoms with Gasteiger partial charge in [-0.15, -0.1) is 11.3 Å². The molecule has 18 heavy (non-hydrogen) atoms. The third-order valence-electron chi connectivity index (χ3n) is 2.26. The number of carbonyl (C=O) groups is 2. The maximum atomic E-state index is 11.6. The van der Waals surface area contributed by atoms with Crippen LogP contribution in [0.1, 0.15) is 29.9 Å². The van der Waals surface area contributed by atoms with E-state index in [2.05, 4.69) is 10.6 Å². The van der Waals surface area contributed by atoms with E-state index in [1.807, 2.05) is 5.38 Å². The van der Waals surface area contributed by atoms with E-state index in [0.717, 1.165) is 0 Å². The molecule has 0 radical (unpaired) electrons. The second kappa shape index (κ2) is 6.51. The van der Waals surface area contributed by atoms with Crippen molar-refractivity contribution in [3.63, 3.8) is 0 Å². The number of aliphatic hydroxyl groups excluding tert-OH is 1. The van der Waals surface area contributed by atoms with E-state index >= 15 is 0 Å². The lowest BCUT2D eigenvalue weighted by Gasteiger charge is -2.23. The van der Waals surface area contributed by atoms with Crippen LogP contribution in [0.2, 0.25) is 0 Å². The molecule has 0 fully saturated rings. The zero-order chi connectivity index (χ0) is 13.6. The third-order valence-corrected chi connectivity index (χ3v) is 3.12. The third kappa shape index (κ3) is 4.85. The summed E-state index contributed by atoms with van der Waals surface area (Å²) >= 11 is 1.36. The summed E-state index contributed by atoms with van der Waals surface area (Å²) in [5.74, 6) is -0.361. The van der Waals surface area contributed by atoms with E-state index in [1.54, 1.807) is 26.0 Å². The van der Waals surface area contributed by atoms with Crippen molar-refractivity contribution in [3.8, 4) is 0 Å². The van der Waals surface area contributed by atoms with Gasteiger partial charge in [0, 0.05) is 13.0 Å². The quantitative estimate of drug-likeness (QED) is 0.714. The Hall–Kier alpha value is -1.40. The number of nitrogens with one attached hydrogen (secondary N) is 2. The van der Waals surface area contributed by atoms with Crippen molar-refractivity contribution in [1.29, 1.82) is 0 Å². The van der Waals surface area contributed by atoms with Crippen LogP contribution in [0.3, 0.4) is 0 Å². The zero-order valence-electron chi connectivity index (χ0n) is 10.5. The predicted octanol–water partition coefficient (Wildman–Crippen LogP) is 0.755. The van der Waals surface area contributed by atoms with E-state index in [0.29, 0.717) is 4.88 Å². The first-order chi connectivity index (χ1) is 8.44. The van der Waals surface area contributed by atoms with Crippen molar-refractivity contribution in [2.24, 2.45) is 0 Å². The Morgan fingerprint density at radius 2 is 2.17 bits per heavy atom. The summed E-state index contributed by atoms with van der Waals surface area (Å²) in [4.78, 5) is 23.7. The van der Waals surface area contributed by atoms with Gasteiger partial charge in [0.25, 0.3) is 5.91 Å². The minimum atomic E-state index is -0.630. The van der Waals surface area contributed by atoms with Crippen LogP contribution in [0.4, 0.5) is 0 Å². The van der Waals surface area contributed by atoms with Crippen LogP contribution >= 0.6 is 11.3 Å². The van der Waals surface area contributed by atoms with Crippen LogP contribution < -0.4 is 10.6 Å². The van der Waals surface area contributed by atoms with Gasteiger partial charge in [-0.25, -0.2) is 0 Å². The molecule has 0 spiro atoms. The normalized spacial score (nSPS) is 11.1. The number of aliphatic hydroxyl groups is 1. The van der Waals surface area contributed by atoms with E-state index in [-0.39, 0.29) is 31.4 Å². The molecule has 0 saturated heterocycles. The molecule has 0 saturated carbocycles. The molecule has 0 unspecified atom stereocenters. The molecular formula is C12H18N2O3S. The summed E-state index contributed by atoms with van der Waals surface area (Å²) in [5, 5.41) is 16.2. The highest BCUT2D eigenvalue weighted by Gasteiger charge is 2.18. The Balaban J connectivity index is 2.26. The summed E-state index contributed by atoms with van der Waals surface area (Å²) in [5.41, 5.74) is -0.630. The standard InChI is InChI=1S/C12H18N2O3S/c1-12(2,8-15)14-10(16)5-6-13-11(17)9-4-3-7-18-9/h3-4,7,15H,5-6,8H2,1-2H3,(H,13,17)(H,14,16). The molecule has 2 amide bonds. The van der Waals surface area contributed by atoms with Crippen molar-refractivity contribution < 1.29 is 14.7 Å². The van der Waals surface area contributed by atoms with E-state index in [1.165, 1.54) is 11.3 Å². The number of amides is 2. The molecule has 0 aliphatic carbocycles. The van der Waals surface area contributed by atoms with Crippen LogP contribution in [-0.2, 0) is 4.79 Å². The Morgan fingerprint density at radius 3 is 2.72 bits per heavy atom. The van der Waals surface area contributed by atoms with Gasteiger partial charge in [0.1, 0.15) is 0 Å². The molecule has 1 heterocycles. The van der Waals surface area contributed by atoms with Crippen LogP contribution in [-0.4, -0.2) is 35.6 Å². The summed E-state index contributed by atoms with van der Waals surface area (Å²) in [6, 6.07) is 3.53. The van der Waals surface area contributed by atoms with Gasteiger partial charge in [0.15, 0.2) is 0 Å². The van der Waals surface area contributed by atoms with Crippen LogP contribution in [0.25, 0.3) is 0 Å². The highest BCUT2D eigenvalue weighted by Crippen LogP contribution is 2.07. The van der Waals surface area contributed by atoms with Crippen LogP contribution in [0.15, 0.2) is 17.5 Å². The maximum absolute atomic E-state index is 11.6. The van der Waals surface area contributed by atoms with Crippen LogP contribution in [0, 0.1) is 0 Å². The largest absolute Gasteiger partial charge is 0.394 e. The molecule has 3 N–H and O–H groups in total. The second-order valence-electron chi connectivity index (χ2n) is 4.57. The van der Waals surface area contributed by atoms with Gasteiger partial charge in [0.05, 0.1) is 17.0 Å². The Labute approximate surface area is 110 Å². The number of rotatable bonds is 6. The lowest BCUT2D eigenvalue weighted by Crippen LogP contribution is -2.47. The van der Waals surface area contributed by atoms with Gasteiger partial charge < -0.3 is 15.7 Å². The molecule has 0 bridgehead atoms. The van der Waals surface area contributed by atoms with Crippen molar-refractivity contribution in [2.75, 3.05) is 13.2 Å². The first-order valence-corrected chi connectivity index (χ1v) is 6.56. The van der Waals surface area contributed by atoms with E-state index in [4.69, 9.17) is 5.11 Å². The lowest BCUT2D eigenvalue weighted by atomic mass is 10.1. The minimum Gasteiger partial charge on any atom is -0.394 e. The van der Waals surface area contributed by atoms with Gasteiger partial charge in [-0.3, -0.25) is 9.59 Å². The SMILES string of the molecule is CC(C)(CO)NC(=O)CCNC(=O)c1cccs1. The number of hydrogen-bond donors (Lipinski definition) is 3. The van der Waals surface area contributed by atoms with Crippen molar-refractivity contribution in [1.82, 2.24) is 10.6 Å². The molecule has 0 aliphatic rings. The average Bonchev–Trinajstić information content (AvgIpc) is 2.81. The van der Waals surface area contributed by atoms with Gasteiger partial charge >= 0.3 is 0 Å². The molecule has 0 aromatic carbocycles. The summed E-state index contributed by atoms with van der Waals surface area (Å²) in [6.45, 7) is 3.62. The monoisotopic (exact) mass is 270 g/mol. The fourth-order valence-corrected chi connectivity index (χ4v) is 1.90. The summed E-state index contributed by atoms with van der Waals surface area (Å²) < 4.78 is 0. The lowest BCUT2D eigenvalue weighted by molar-refractivity contribution is -0.123. The summed E-state index contributed by atoms with van der Waals surface area (Å²) in [7, 11) is 0. The molecular weight excluding hydrogens is 252 g/mol. The van der Waals surface area contributed by atoms with Gasteiger partial charge in [-0.05, 0) is 25.3 Å². The highest BCUT2D eigenvalue weighted by molar-refractivity contribution is 7.12. The predicted molar refractivity (Wildman–Crippen MR) is 70.6 cm³/mol. The number of hydrogen-bond acceptors (Lipinski definition) is 4. The van der Waals surface area contributed by atoms with E-state index in [9.17, 15) is 9.59 Å². The molecule has 1 aromatic heterocycles. The molecule has 6 heteroatoms. The fourth-order valence-electron chi connectivity index (χ4n) is 1.26. The summed E-state index contributed by atoms with van der Waals surface area (Å²) in [6.07, 6.45) is 0.195. The minimum absolute atomic E-state index is 0.125. The first-order valence-electron chi connectivity index (χ1n) is 5.68. The number of thiophene rings is 1. The van der Waals surface area contributed by atoms with E-state index < -0.39 is 5.54 Å². The molecule has 1 rings (SSSR count). The smallest absolute Gasteiger partial charge is 0.261 e. The topological polar surface area (TPSA) is 78.4 Å². The Bertz CT molecular complexity index is 401. The first kappa shape index (κ1) is 14.7.